The van der Waals surface area contributed by atoms with Gasteiger partial charge in [0.15, 0.2) is 0 Å². The number of nitro benzene ring substituents is 1. The number of carbonyl (C=O) groups excluding carboxylic acids is 1. The van der Waals surface area contributed by atoms with Crippen molar-refractivity contribution in [3.8, 4) is 0 Å². The van der Waals surface area contributed by atoms with Gasteiger partial charge in [0.1, 0.15) is 0 Å². The molecule has 0 spiro atoms. The first-order valence-electron chi connectivity index (χ1n) is 6.86. The summed E-state index contributed by atoms with van der Waals surface area (Å²) in [5.41, 5.74) is 0.793. The van der Waals surface area contributed by atoms with Gasteiger partial charge < -0.3 is 15.0 Å². The second-order valence-corrected chi connectivity index (χ2v) is 5.07. The Morgan fingerprint density at radius 3 is 2.76 bits per heavy atom. The maximum Gasteiger partial charge on any atom is 0.269 e. The molecule has 114 valence electrons. The minimum atomic E-state index is -0.453. The van der Waals surface area contributed by atoms with Gasteiger partial charge in [0.25, 0.3) is 5.69 Å². The Hall–Kier alpha value is -1.99. The number of nitrogens with zero attached hydrogens (tertiary/aromatic N) is 2. The van der Waals surface area contributed by atoms with Crippen LogP contribution in [0.1, 0.15) is 5.56 Å². The largest absolute Gasteiger partial charge is 0.374 e. The zero-order chi connectivity index (χ0) is 15.2. The van der Waals surface area contributed by atoms with E-state index < -0.39 is 4.92 Å². The van der Waals surface area contributed by atoms with Crippen molar-refractivity contribution >= 4 is 11.6 Å². The lowest BCUT2D eigenvalue weighted by Crippen LogP contribution is -2.46. The summed E-state index contributed by atoms with van der Waals surface area (Å²) in [5, 5.41) is 13.8. The van der Waals surface area contributed by atoms with Crippen molar-refractivity contribution in [2.24, 2.45) is 0 Å². The number of nitro groups is 1. The molecule has 1 heterocycles. The van der Waals surface area contributed by atoms with Gasteiger partial charge in [0.2, 0.25) is 5.91 Å². The molecule has 1 unspecified atom stereocenters. The Bertz CT molecular complexity index is 497. The second kappa shape index (κ2) is 7.14. The lowest BCUT2D eigenvalue weighted by molar-refractivity contribution is -0.384. The minimum Gasteiger partial charge on any atom is -0.374 e. The highest BCUT2D eigenvalue weighted by molar-refractivity contribution is 5.78. The maximum atomic E-state index is 12.1. The number of carbonyl (C=O) groups is 1. The first-order valence-corrected chi connectivity index (χ1v) is 6.86. The van der Waals surface area contributed by atoms with Gasteiger partial charge in [-0.05, 0) is 5.56 Å². The van der Waals surface area contributed by atoms with Crippen LogP contribution in [0, 0.1) is 10.1 Å². The number of nitrogens with one attached hydrogen (secondary N) is 1. The van der Waals surface area contributed by atoms with E-state index in [0.29, 0.717) is 13.2 Å². The van der Waals surface area contributed by atoms with Crippen LogP contribution < -0.4 is 5.32 Å². The van der Waals surface area contributed by atoms with E-state index in [0.717, 1.165) is 18.7 Å². The van der Waals surface area contributed by atoms with E-state index in [1.165, 1.54) is 12.1 Å². The third-order valence-electron chi connectivity index (χ3n) is 3.41. The van der Waals surface area contributed by atoms with E-state index in [1.54, 1.807) is 24.1 Å². The fourth-order valence-corrected chi connectivity index (χ4v) is 2.19. The topological polar surface area (TPSA) is 84.7 Å². The molecule has 1 saturated heterocycles. The van der Waals surface area contributed by atoms with Crippen molar-refractivity contribution in [3.05, 3.63) is 39.9 Å². The highest BCUT2D eigenvalue weighted by Gasteiger charge is 2.18. The smallest absolute Gasteiger partial charge is 0.269 e. The number of hydrogen-bond donors (Lipinski definition) is 1. The molecule has 1 atom stereocenters. The molecule has 1 fully saturated rings. The highest BCUT2D eigenvalue weighted by Crippen LogP contribution is 2.13. The molecular formula is C14H19N3O4. The van der Waals surface area contributed by atoms with E-state index in [9.17, 15) is 14.9 Å². The maximum absolute atomic E-state index is 12.1. The fraction of sp³-hybridized carbons (Fsp3) is 0.500. The number of ether oxygens (including phenoxy) is 1. The second-order valence-electron chi connectivity index (χ2n) is 5.07. The Balaban J connectivity index is 1.86. The number of morpholine rings is 1. The van der Waals surface area contributed by atoms with Crippen LogP contribution in [0.25, 0.3) is 0 Å². The number of benzene rings is 1. The predicted molar refractivity (Wildman–Crippen MR) is 77.0 cm³/mol. The molecule has 0 radical (unpaired) electrons. The summed E-state index contributed by atoms with van der Waals surface area (Å²) < 4.78 is 5.56. The standard InChI is InChI=1S/C14H19N3O4/c1-16(10-13-9-15-6-7-21-13)14(18)8-11-2-4-12(5-3-11)17(19)20/h2-5,13,15H,6-10H2,1H3. The summed E-state index contributed by atoms with van der Waals surface area (Å²) in [7, 11) is 1.74. The molecular weight excluding hydrogens is 274 g/mol. The molecule has 0 saturated carbocycles. The van der Waals surface area contributed by atoms with Crippen LogP contribution in [0.15, 0.2) is 24.3 Å². The van der Waals surface area contributed by atoms with Crippen molar-refractivity contribution in [2.45, 2.75) is 12.5 Å². The summed E-state index contributed by atoms with van der Waals surface area (Å²) in [6.45, 7) is 2.79. The monoisotopic (exact) mass is 293 g/mol. The molecule has 0 aromatic heterocycles. The van der Waals surface area contributed by atoms with E-state index in [4.69, 9.17) is 4.74 Å². The molecule has 7 heteroatoms. The number of rotatable bonds is 5. The first-order chi connectivity index (χ1) is 10.1. The average Bonchev–Trinajstić information content (AvgIpc) is 2.48. The fourth-order valence-electron chi connectivity index (χ4n) is 2.19. The van der Waals surface area contributed by atoms with Crippen LogP contribution >= 0.6 is 0 Å². The van der Waals surface area contributed by atoms with E-state index in [1.807, 2.05) is 0 Å². The van der Waals surface area contributed by atoms with Crippen molar-refractivity contribution in [3.63, 3.8) is 0 Å². The molecule has 1 aliphatic heterocycles. The zero-order valence-electron chi connectivity index (χ0n) is 11.9. The van der Waals surface area contributed by atoms with Crippen LogP contribution in [0.5, 0.6) is 0 Å². The third-order valence-corrected chi connectivity index (χ3v) is 3.41. The Labute approximate surface area is 123 Å². The summed E-state index contributed by atoms with van der Waals surface area (Å²) in [6, 6.07) is 6.05. The number of amides is 1. The number of hydrogen-bond acceptors (Lipinski definition) is 5. The molecule has 2 rings (SSSR count). The molecule has 1 aromatic rings. The highest BCUT2D eigenvalue weighted by atomic mass is 16.6. The molecule has 1 amide bonds. The van der Waals surface area contributed by atoms with Gasteiger partial charge in [-0.2, -0.15) is 0 Å². The first kappa shape index (κ1) is 15.4. The quantitative estimate of drug-likeness (QED) is 0.634. The van der Waals surface area contributed by atoms with Crippen molar-refractivity contribution in [2.75, 3.05) is 33.3 Å². The lowest BCUT2D eigenvalue weighted by Gasteiger charge is -2.28. The lowest BCUT2D eigenvalue weighted by atomic mass is 10.1. The van der Waals surface area contributed by atoms with Crippen LogP contribution in [0.2, 0.25) is 0 Å². The van der Waals surface area contributed by atoms with Gasteiger partial charge in [-0.3, -0.25) is 14.9 Å². The van der Waals surface area contributed by atoms with Gasteiger partial charge in [-0.1, -0.05) is 12.1 Å². The number of non-ortho nitro benzene ring substituents is 1. The van der Waals surface area contributed by atoms with Gasteiger partial charge in [0.05, 0.1) is 24.1 Å². The molecule has 0 aliphatic carbocycles. The van der Waals surface area contributed by atoms with E-state index in [2.05, 4.69) is 5.32 Å². The van der Waals surface area contributed by atoms with Gasteiger partial charge in [0, 0.05) is 38.8 Å². The SMILES string of the molecule is CN(CC1CNCCO1)C(=O)Cc1ccc([N+](=O)[O-])cc1. The summed E-state index contributed by atoms with van der Waals surface area (Å²) in [4.78, 5) is 23.9. The van der Waals surface area contributed by atoms with Crippen molar-refractivity contribution in [1.29, 1.82) is 0 Å². The van der Waals surface area contributed by atoms with Crippen molar-refractivity contribution in [1.82, 2.24) is 10.2 Å². The Morgan fingerprint density at radius 2 is 2.19 bits per heavy atom. The number of likely N-dealkylation sites (N-methyl/N-ethyl adjacent to an activating group) is 1. The summed E-state index contributed by atoms with van der Waals surface area (Å²) in [6.07, 6.45) is 0.249. The van der Waals surface area contributed by atoms with Crippen LogP contribution in [0.3, 0.4) is 0 Å². The molecule has 1 aliphatic rings. The predicted octanol–water partition coefficient (Wildman–Crippen LogP) is 0.584. The van der Waals surface area contributed by atoms with Gasteiger partial charge in [-0.25, -0.2) is 0 Å². The molecule has 1 N–H and O–H groups in total. The minimum absolute atomic E-state index is 0.0181. The molecule has 1 aromatic carbocycles. The third kappa shape index (κ3) is 4.51. The van der Waals surface area contributed by atoms with Crippen LogP contribution in [-0.4, -0.2) is 55.1 Å². The van der Waals surface area contributed by atoms with E-state index >= 15 is 0 Å². The molecule has 0 bridgehead atoms. The van der Waals surface area contributed by atoms with Crippen LogP contribution in [0.4, 0.5) is 5.69 Å². The zero-order valence-corrected chi connectivity index (χ0v) is 11.9. The Kier molecular flexibility index (Phi) is 5.24. The molecule has 7 nitrogen and oxygen atoms in total. The van der Waals surface area contributed by atoms with Crippen LogP contribution in [-0.2, 0) is 16.0 Å². The summed E-state index contributed by atoms with van der Waals surface area (Å²) in [5.74, 6) is -0.0296. The van der Waals surface area contributed by atoms with Gasteiger partial charge >= 0.3 is 0 Å². The normalized spacial score (nSPS) is 18.2. The van der Waals surface area contributed by atoms with E-state index in [-0.39, 0.29) is 24.1 Å². The molecule has 21 heavy (non-hydrogen) atoms. The average molecular weight is 293 g/mol. The summed E-state index contributed by atoms with van der Waals surface area (Å²) >= 11 is 0. The van der Waals surface area contributed by atoms with Gasteiger partial charge in [-0.15, -0.1) is 0 Å². The Morgan fingerprint density at radius 1 is 1.48 bits per heavy atom. The van der Waals surface area contributed by atoms with Crippen molar-refractivity contribution < 1.29 is 14.5 Å².